The number of hydrazone groups is 1. The molecule has 0 saturated carbocycles. The van der Waals surface area contributed by atoms with Crippen LogP contribution in [0.4, 0.5) is 0 Å². The Kier molecular flexibility index (Phi) is 2.49. The number of nitrogens with one attached hydrogen (secondary N) is 1. The molecular weight excluding hydrogens is 124 g/mol. The Labute approximate surface area is 62.0 Å². The van der Waals surface area contributed by atoms with Gasteiger partial charge in [0.05, 0.1) is 0 Å². The highest BCUT2D eigenvalue weighted by molar-refractivity contribution is 5.80. The lowest BCUT2D eigenvalue weighted by Gasteiger charge is -1.92. The van der Waals surface area contributed by atoms with Crippen molar-refractivity contribution in [1.82, 2.24) is 5.43 Å². The second-order valence-electron chi connectivity index (χ2n) is 2.64. The number of hydrogen-bond acceptors (Lipinski definition) is 2. The van der Waals surface area contributed by atoms with Crippen molar-refractivity contribution in [3.05, 3.63) is 11.1 Å². The van der Waals surface area contributed by atoms with Crippen LogP contribution in [0.5, 0.6) is 0 Å². The van der Waals surface area contributed by atoms with E-state index in [1.807, 2.05) is 13.3 Å². The Morgan fingerprint density at radius 3 is 2.80 bits per heavy atom. The van der Waals surface area contributed by atoms with E-state index in [2.05, 4.69) is 17.5 Å². The topological polar surface area (TPSA) is 24.4 Å². The lowest BCUT2D eigenvalue weighted by Crippen LogP contribution is -1.95. The third-order valence-corrected chi connectivity index (χ3v) is 1.90. The SMILES string of the molecule is CN/N=C\C1=C(C)CCC1. The molecule has 0 aliphatic heterocycles. The van der Waals surface area contributed by atoms with Crippen molar-refractivity contribution in [3.8, 4) is 0 Å². The zero-order valence-electron chi connectivity index (χ0n) is 6.65. The third kappa shape index (κ3) is 1.59. The number of nitrogens with zero attached hydrogens (tertiary/aromatic N) is 1. The largest absolute Gasteiger partial charge is 0.313 e. The second kappa shape index (κ2) is 3.40. The summed E-state index contributed by atoms with van der Waals surface area (Å²) in [4.78, 5) is 0. The maximum absolute atomic E-state index is 3.97. The fraction of sp³-hybridized carbons (Fsp3) is 0.625. The van der Waals surface area contributed by atoms with E-state index >= 15 is 0 Å². The molecule has 1 aliphatic carbocycles. The minimum atomic E-state index is 1.21. The molecule has 0 unspecified atom stereocenters. The van der Waals surface area contributed by atoms with Crippen LogP contribution in [0.1, 0.15) is 26.2 Å². The van der Waals surface area contributed by atoms with Crippen LogP contribution in [0, 0.1) is 0 Å². The molecule has 10 heavy (non-hydrogen) atoms. The van der Waals surface area contributed by atoms with E-state index in [0.29, 0.717) is 0 Å². The maximum Gasteiger partial charge on any atom is 0.0499 e. The van der Waals surface area contributed by atoms with Crippen molar-refractivity contribution < 1.29 is 0 Å². The summed E-state index contributed by atoms with van der Waals surface area (Å²) < 4.78 is 0. The maximum atomic E-state index is 3.97. The average Bonchev–Trinajstić information content (AvgIpc) is 2.31. The van der Waals surface area contributed by atoms with Crippen LogP contribution in [-0.2, 0) is 0 Å². The monoisotopic (exact) mass is 138 g/mol. The first-order valence-corrected chi connectivity index (χ1v) is 3.73. The fourth-order valence-corrected chi connectivity index (χ4v) is 1.24. The van der Waals surface area contributed by atoms with Gasteiger partial charge in [0.15, 0.2) is 0 Å². The molecule has 0 aromatic carbocycles. The number of allylic oxidation sites excluding steroid dienone is 2. The molecular formula is C8H14N2. The van der Waals surface area contributed by atoms with Gasteiger partial charge in [-0.3, -0.25) is 0 Å². The van der Waals surface area contributed by atoms with Gasteiger partial charge in [0.2, 0.25) is 0 Å². The van der Waals surface area contributed by atoms with Crippen LogP contribution in [0.3, 0.4) is 0 Å². The lowest BCUT2D eigenvalue weighted by atomic mass is 10.2. The highest BCUT2D eigenvalue weighted by Gasteiger charge is 2.07. The molecule has 1 N–H and O–H groups in total. The lowest BCUT2D eigenvalue weighted by molar-refractivity contribution is 0.892. The molecule has 0 amide bonds. The van der Waals surface area contributed by atoms with Crippen molar-refractivity contribution in [2.45, 2.75) is 26.2 Å². The fourth-order valence-electron chi connectivity index (χ4n) is 1.24. The summed E-state index contributed by atoms with van der Waals surface area (Å²) in [6, 6.07) is 0. The molecule has 0 aromatic rings. The standard InChI is InChI=1S/C8H14N2/c1-7-4-3-5-8(7)6-10-9-2/h6,9H,3-5H2,1-2H3/b10-6-. The zero-order valence-corrected chi connectivity index (χ0v) is 6.65. The van der Waals surface area contributed by atoms with E-state index in [-0.39, 0.29) is 0 Å². The summed E-state index contributed by atoms with van der Waals surface area (Å²) in [5.41, 5.74) is 5.66. The summed E-state index contributed by atoms with van der Waals surface area (Å²) in [6.07, 6.45) is 5.70. The highest BCUT2D eigenvalue weighted by atomic mass is 15.3. The van der Waals surface area contributed by atoms with Crippen LogP contribution in [-0.4, -0.2) is 13.3 Å². The molecule has 0 saturated heterocycles. The van der Waals surface area contributed by atoms with Gasteiger partial charge in [-0.05, 0) is 31.8 Å². The Morgan fingerprint density at radius 1 is 1.50 bits per heavy atom. The van der Waals surface area contributed by atoms with Gasteiger partial charge in [-0.1, -0.05) is 5.57 Å². The molecule has 0 aromatic heterocycles. The van der Waals surface area contributed by atoms with Crippen LogP contribution >= 0.6 is 0 Å². The van der Waals surface area contributed by atoms with Crippen LogP contribution < -0.4 is 5.43 Å². The van der Waals surface area contributed by atoms with Crippen LogP contribution in [0.15, 0.2) is 16.2 Å². The smallest absolute Gasteiger partial charge is 0.0499 e. The quantitative estimate of drug-likeness (QED) is 0.455. The normalized spacial score (nSPS) is 19.0. The zero-order chi connectivity index (χ0) is 7.40. The van der Waals surface area contributed by atoms with Crippen LogP contribution in [0.2, 0.25) is 0 Å². The van der Waals surface area contributed by atoms with Gasteiger partial charge in [-0.25, -0.2) is 0 Å². The Hall–Kier alpha value is -0.790. The van der Waals surface area contributed by atoms with Gasteiger partial charge >= 0.3 is 0 Å². The molecule has 56 valence electrons. The number of hydrogen-bond donors (Lipinski definition) is 1. The molecule has 1 aliphatic rings. The highest BCUT2D eigenvalue weighted by Crippen LogP contribution is 2.23. The van der Waals surface area contributed by atoms with Crippen molar-refractivity contribution in [1.29, 1.82) is 0 Å². The van der Waals surface area contributed by atoms with Crippen molar-refractivity contribution >= 4 is 6.21 Å². The van der Waals surface area contributed by atoms with E-state index in [1.165, 1.54) is 30.4 Å². The molecule has 0 fully saturated rings. The third-order valence-electron chi connectivity index (χ3n) is 1.90. The van der Waals surface area contributed by atoms with Crippen molar-refractivity contribution in [2.75, 3.05) is 7.05 Å². The minimum absolute atomic E-state index is 1.21. The predicted molar refractivity (Wildman–Crippen MR) is 44.1 cm³/mol. The van der Waals surface area contributed by atoms with E-state index in [4.69, 9.17) is 0 Å². The van der Waals surface area contributed by atoms with Gasteiger partial charge in [-0.2, -0.15) is 5.10 Å². The molecule has 1 rings (SSSR count). The van der Waals surface area contributed by atoms with E-state index in [0.717, 1.165) is 0 Å². The second-order valence-corrected chi connectivity index (χ2v) is 2.64. The van der Waals surface area contributed by atoms with E-state index in [9.17, 15) is 0 Å². The first-order valence-electron chi connectivity index (χ1n) is 3.73. The minimum Gasteiger partial charge on any atom is -0.313 e. The molecule has 0 heterocycles. The summed E-state index contributed by atoms with van der Waals surface area (Å²) in [7, 11) is 1.82. The molecule has 2 nitrogen and oxygen atoms in total. The molecule has 0 spiro atoms. The Bertz CT molecular complexity index is 168. The molecule has 0 atom stereocenters. The van der Waals surface area contributed by atoms with Gasteiger partial charge in [0, 0.05) is 13.3 Å². The van der Waals surface area contributed by atoms with Gasteiger partial charge in [0.1, 0.15) is 0 Å². The summed E-state index contributed by atoms with van der Waals surface area (Å²) in [5.74, 6) is 0. The van der Waals surface area contributed by atoms with Gasteiger partial charge < -0.3 is 5.43 Å². The number of rotatable bonds is 2. The average molecular weight is 138 g/mol. The van der Waals surface area contributed by atoms with Gasteiger partial charge in [0.25, 0.3) is 0 Å². The van der Waals surface area contributed by atoms with Gasteiger partial charge in [-0.15, -0.1) is 0 Å². The molecule has 0 radical (unpaired) electrons. The summed E-state index contributed by atoms with van der Waals surface area (Å²) >= 11 is 0. The Morgan fingerprint density at radius 2 is 2.30 bits per heavy atom. The molecule has 2 heteroatoms. The van der Waals surface area contributed by atoms with E-state index in [1.54, 1.807) is 0 Å². The van der Waals surface area contributed by atoms with E-state index < -0.39 is 0 Å². The van der Waals surface area contributed by atoms with Crippen LogP contribution in [0.25, 0.3) is 0 Å². The first kappa shape index (κ1) is 7.32. The molecule has 0 bridgehead atoms. The first-order chi connectivity index (χ1) is 4.84. The van der Waals surface area contributed by atoms with Crippen molar-refractivity contribution in [2.24, 2.45) is 5.10 Å². The van der Waals surface area contributed by atoms with Crippen molar-refractivity contribution in [3.63, 3.8) is 0 Å². The summed E-state index contributed by atoms with van der Waals surface area (Å²) in [6.45, 7) is 2.18. The predicted octanol–water partition coefficient (Wildman–Crippen LogP) is 1.69. The summed E-state index contributed by atoms with van der Waals surface area (Å²) in [5, 5.41) is 3.97. The Balaban J connectivity index is 2.54.